The molecule has 1 aromatic heterocycles. The van der Waals surface area contributed by atoms with Gasteiger partial charge in [0.1, 0.15) is 0 Å². The van der Waals surface area contributed by atoms with Crippen molar-refractivity contribution in [1.29, 1.82) is 0 Å². The molecule has 1 rings (SSSR count). The van der Waals surface area contributed by atoms with Crippen LogP contribution in [0.5, 0.6) is 0 Å². The molecule has 1 aromatic rings. The minimum absolute atomic E-state index is 0.0860. The second kappa shape index (κ2) is 3.28. The Labute approximate surface area is 75.6 Å². The van der Waals surface area contributed by atoms with Crippen LogP contribution in [0.25, 0.3) is 0 Å². The van der Waals surface area contributed by atoms with Crippen LogP contribution in [0, 0.1) is 6.07 Å². The van der Waals surface area contributed by atoms with E-state index in [0.717, 1.165) is 6.26 Å². The van der Waals surface area contributed by atoms with Gasteiger partial charge in [0, 0.05) is 12.3 Å². The predicted molar refractivity (Wildman–Crippen MR) is 46.5 cm³/mol. The van der Waals surface area contributed by atoms with Gasteiger partial charge in [-0.15, -0.1) is 0 Å². The quantitative estimate of drug-likeness (QED) is 0.730. The molecule has 1 heterocycles. The lowest BCUT2D eigenvalue weighted by Crippen LogP contribution is -2.10. The summed E-state index contributed by atoms with van der Waals surface area (Å²) in [7, 11) is -3.31. The molecule has 0 spiro atoms. The Morgan fingerprint density at radius 2 is 2.33 bits per heavy atom. The van der Waals surface area contributed by atoms with Crippen molar-refractivity contribution in [3.05, 3.63) is 23.5 Å². The zero-order chi connectivity index (χ0) is 9.19. The van der Waals surface area contributed by atoms with E-state index in [4.69, 9.17) is 11.6 Å². The van der Waals surface area contributed by atoms with E-state index in [-0.39, 0.29) is 10.8 Å². The minimum Gasteiger partial charge on any atom is -0.280 e. The van der Waals surface area contributed by atoms with Crippen molar-refractivity contribution in [3.63, 3.8) is 0 Å². The van der Waals surface area contributed by atoms with Crippen LogP contribution in [-0.2, 0) is 10.0 Å². The highest BCUT2D eigenvalue weighted by molar-refractivity contribution is 7.92. The zero-order valence-corrected chi connectivity index (χ0v) is 7.78. The van der Waals surface area contributed by atoms with Crippen LogP contribution in [-0.4, -0.2) is 19.7 Å². The molecule has 12 heavy (non-hydrogen) atoms. The maximum Gasteiger partial charge on any atom is 0.229 e. The van der Waals surface area contributed by atoms with E-state index in [1.165, 1.54) is 12.3 Å². The third-order valence-electron chi connectivity index (χ3n) is 0.984. The van der Waals surface area contributed by atoms with Crippen molar-refractivity contribution in [2.75, 3.05) is 11.0 Å². The standard InChI is InChI=1S/C6H6ClN2O2S/c1-12(10,11)9-5-3-2-4-8-6(5)7/h2,4,9H,1H3. The number of nitrogens with one attached hydrogen (secondary N) is 1. The second-order valence-corrected chi connectivity index (χ2v) is 4.24. The Bertz CT molecular complexity index is 377. The molecule has 1 N–H and O–H groups in total. The van der Waals surface area contributed by atoms with Gasteiger partial charge in [0.15, 0.2) is 5.15 Å². The molecular formula is C6H6ClN2O2S. The summed E-state index contributed by atoms with van der Waals surface area (Å²) in [6, 6.07) is 4.08. The molecule has 65 valence electrons. The molecule has 1 radical (unpaired) electrons. The number of hydrogen-bond donors (Lipinski definition) is 1. The molecule has 0 saturated heterocycles. The zero-order valence-electron chi connectivity index (χ0n) is 6.20. The summed E-state index contributed by atoms with van der Waals surface area (Å²) < 4.78 is 23.6. The van der Waals surface area contributed by atoms with Gasteiger partial charge in [-0.2, -0.15) is 0 Å². The summed E-state index contributed by atoms with van der Waals surface area (Å²) in [6.07, 6.45) is 2.46. The Morgan fingerprint density at radius 1 is 1.67 bits per heavy atom. The van der Waals surface area contributed by atoms with Crippen molar-refractivity contribution in [3.8, 4) is 0 Å². The Hall–Kier alpha value is -0.810. The number of halogens is 1. The summed E-state index contributed by atoms with van der Waals surface area (Å²) in [4.78, 5) is 3.67. The van der Waals surface area contributed by atoms with Gasteiger partial charge in [0.2, 0.25) is 10.0 Å². The molecule has 0 unspecified atom stereocenters. The minimum atomic E-state index is -3.31. The summed E-state index contributed by atoms with van der Waals surface area (Å²) >= 11 is 5.56. The molecule has 0 aliphatic carbocycles. The highest BCUT2D eigenvalue weighted by atomic mass is 35.5. The van der Waals surface area contributed by atoms with Crippen molar-refractivity contribution in [2.24, 2.45) is 0 Å². The van der Waals surface area contributed by atoms with E-state index in [9.17, 15) is 8.42 Å². The largest absolute Gasteiger partial charge is 0.280 e. The highest BCUT2D eigenvalue weighted by Crippen LogP contribution is 2.17. The molecule has 0 saturated carbocycles. The van der Waals surface area contributed by atoms with Gasteiger partial charge in [0.05, 0.1) is 11.9 Å². The van der Waals surface area contributed by atoms with E-state index >= 15 is 0 Å². The number of pyridine rings is 1. The van der Waals surface area contributed by atoms with Crippen LogP contribution in [0.15, 0.2) is 12.3 Å². The number of aromatic nitrogens is 1. The first kappa shape index (κ1) is 9.28. The average Bonchev–Trinajstić information content (AvgIpc) is 1.91. The van der Waals surface area contributed by atoms with Gasteiger partial charge in [0.25, 0.3) is 0 Å². The lowest BCUT2D eigenvalue weighted by molar-refractivity contribution is 0.607. The number of anilines is 1. The third-order valence-corrected chi connectivity index (χ3v) is 1.85. The third kappa shape index (κ3) is 2.67. The van der Waals surface area contributed by atoms with E-state index in [1.807, 2.05) is 0 Å². The topological polar surface area (TPSA) is 59.1 Å². The first-order chi connectivity index (χ1) is 5.49. The summed E-state index contributed by atoms with van der Waals surface area (Å²) in [5, 5.41) is 0.0860. The average molecular weight is 206 g/mol. The molecule has 0 aliphatic heterocycles. The normalized spacial score (nSPS) is 11.2. The van der Waals surface area contributed by atoms with Gasteiger partial charge in [-0.1, -0.05) is 11.6 Å². The predicted octanol–water partition coefficient (Wildman–Crippen LogP) is 0.907. The SMILES string of the molecule is CS(=O)(=O)Nc1[c]ccnc1Cl. The van der Waals surface area contributed by atoms with E-state index in [1.54, 1.807) is 0 Å². The number of rotatable bonds is 2. The number of nitrogens with zero attached hydrogens (tertiary/aromatic N) is 1. The van der Waals surface area contributed by atoms with Crippen LogP contribution in [0.2, 0.25) is 5.15 Å². The highest BCUT2D eigenvalue weighted by Gasteiger charge is 2.05. The molecular weight excluding hydrogens is 200 g/mol. The van der Waals surface area contributed by atoms with Crippen LogP contribution < -0.4 is 4.72 Å². The fourth-order valence-electron chi connectivity index (χ4n) is 0.604. The monoisotopic (exact) mass is 205 g/mol. The van der Waals surface area contributed by atoms with Gasteiger partial charge < -0.3 is 0 Å². The van der Waals surface area contributed by atoms with Crippen LogP contribution in [0.1, 0.15) is 0 Å². The van der Waals surface area contributed by atoms with Crippen molar-refractivity contribution < 1.29 is 8.42 Å². The van der Waals surface area contributed by atoms with Gasteiger partial charge >= 0.3 is 0 Å². The molecule has 4 nitrogen and oxygen atoms in total. The lowest BCUT2D eigenvalue weighted by atomic mass is 10.4. The molecule has 0 aliphatic rings. The van der Waals surface area contributed by atoms with Crippen LogP contribution >= 0.6 is 11.6 Å². The maximum absolute atomic E-state index is 10.7. The Kier molecular flexibility index (Phi) is 2.54. The van der Waals surface area contributed by atoms with Crippen molar-refractivity contribution >= 4 is 27.3 Å². The summed E-state index contributed by atoms with van der Waals surface area (Å²) in [5.74, 6) is 0. The first-order valence-corrected chi connectivity index (χ1v) is 5.26. The van der Waals surface area contributed by atoms with Gasteiger partial charge in [-0.25, -0.2) is 13.4 Å². The maximum atomic E-state index is 10.7. The molecule has 0 amide bonds. The van der Waals surface area contributed by atoms with Crippen LogP contribution in [0.3, 0.4) is 0 Å². The fraction of sp³-hybridized carbons (Fsp3) is 0.167. The van der Waals surface area contributed by atoms with E-state index in [2.05, 4.69) is 15.8 Å². The summed E-state index contributed by atoms with van der Waals surface area (Å²) in [5.41, 5.74) is 0.168. The Morgan fingerprint density at radius 3 is 2.83 bits per heavy atom. The number of hydrogen-bond acceptors (Lipinski definition) is 3. The summed E-state index contributed by atoms with van der Waals surface area (Å²) in [6.45, 7) is 0. The van der Waals surface area contributed by atoms with Crippen LogP contribution in [0.4, 0.5) is 5.69 Å². The molecule has 0 atom stereocenters. The Balaban J connectivity index is 2.98. The molecule has 6 heteroatoms. The van der Waals surface area contributed by atoms with E-state index in [0.29, 0.717) is 0 Å². The van der Waals surface area contributed by atoms with Gasteiger partial charge in [-0.3, -0.25) is 4.72 Å². The second-order valence-electron chi connectivity index (χ2n) is 2.13. The van der Waals surface area contributed by atoms with Crippen molar-refractivity contribution in [2.45, 2.75) is 0 Å². The molecule has 0 fully saturated rings. The first-order valence-electron chi connectivity index (χ1n) is 2.99. The molecule has 0 aromatic carbocycles. The molecule has 0 bridgehead atoms. The van der Waals surface area contributed by atoms with Crippen molar-refractivity contribution in [1.82, 2.24) is 4.98 Å². The van der Waals surface area contributed by atoms with Gasteiger partial charge in [-0.05, 0) is 6.07 Å². The van der Waals surface area contributed by atoms with E-state index < -0.39 is 10.0 Å². The number of sulfonamides is 1. The fourth-order valence-corrected chi connectivity index (χ4v) is 1.34. The lowest BCUT2D eigenvalue weighted by Gasteiger charge is -2.02. The smallest absolute Gasteiger partial charge is 0.229 e.